The van der Waals surface area contributed by atoms with Crippen LogP contribution in [0.15, 0.2) is 53.4 Å². The van der Waals surface area contributed by atoms with Crippen LogP contribution in [0.1, 0.15) is 11.3 Å². The van der Waals surface area contributed by atoms with Gasteiger partial charge in [0.05, 0.1) is 24.2 Å². The number of aromatic nitrogens is 2. The molecule has 3 aromatic rings. The molecule has 0 fully saturated rings. The number of hydrogen-bond donors (Lipinski definition) is 0. The molecule has 160 valence electrons. The zero-order valence-electron chi connectivity index (χ0n) is 15.8. The normalized spacial score (nSPS) is 12.3. The first kappa shape index (κ1) is 22.1. The first-order chi connectivity index (χ1) is 14.0. The van der Waals surface area contributed by atoms with E-state index in [2.05, 4.69) is 5.10 Å². The number of hydrogen-bond acceptors (Lipinski definition) is 3. The highest BCUT2D eigenvalue weighted by molar-refractivity contribution is 7.99. The number of thioether (sulfide) groups is 1. The third-order valence-electron chi connectivity index (χ3n) is 4.17. The number of nitrogens with zero attached hydrogens (tertiary/aromatic N) is 2. The molecule has 1 heterocycles. The fourth-order valence-corrected chi connectivity index (χ4v) is 3.56. The third-order valence-corrected chi connectivity index (χ3v) is 5.40. The predicted molar refractivity (Wildman–Crippen MR) is 102 cm³/mol. The van der Waals surface area contributed by atoms with Crippen molar-refractivity contribution in [2.75, 3.05) is 12.9 Å². The maximum absolute atomic E-state index is 13.3. The lowest BCUT2D eigenvalue weighted by Gasteiger charge is -2.12. The topological polar surface area (TPSA) is 27.1 Å². The van der Waals surface area contributed by atoms with E-state index in [1.54, 1.807) is 37.3 Å². The fraction of sp³-hybridized carbons (Fsp3) is 0.250. The highest BCUT2D eigenvalue weighted by Crippen LogP contribution is 2.36. The van der Waals surface area contributed by atoms with Crippen LogP contribution < -0.4 is 4.74 Å². The molecule has 0 unspecified atom stereocenters. The maximum atomic E-state index is 13.3. The van der Waals surface area contributed by atoms with Crippen LogP contribution in [0.25, 0.3) is 16.9 Å². The van der Waals surface area contributed by atoms with Crippen molar-refractivity contribution in [1.29, 1.82) is 0 Å². The SMILES string of the molecule is COc1cccc(-n2nc(C(F)(F)F)cc2-c2ccc(C)c(SCC(F)(F)F)c2)c1. The van der Waals surface area contributed by atoms with Crippen molar-refractivity contribution in [3.63, 3.8) is 0 Å². The Morgan fingerprint density at radius 3 is 2.37 bits per heavy atom. The maximum Gasteiger partial charge on any atom is 0.435 e. The first-order valence-corrected chi connectivity index (χ1v) is 9.59. The van der Waals surface area contributed by atoms with Gasteiger partial charge in [-0.05, 0) is 36.8 Å². The van der Waals surface area contributed by atoms with Crippen molar-refractivity contribution in [3.8, 4) is 22.7 Å². The Bertz CT molecular complexity index is 1040. The van der Waals surface area contributed by atoms with Crippen LogP contribution in [0.5, 0.6) is 5.75 Å². The van der Waals surface area contributed by atoms with Crippen molar-refractivity contribution >= 4 is 11.8 Å². The number of alkyl halides is 6. The molecule has 3 nitrogen and oxygen atoms in total. The number of benzene rings is 2. The van der Waals surface area contributed by atoms with Gasteiger partial charge in [-0.2, -0.15) is 31.4 Å². The van der Waals surface area contributed by atoms with E-state index >= 15 is 0 Å². The first-order valence-electron chi connectivity index (χ1n) is 8.60. The Morgan fingerprint density at radius 1 is 1.00 bits per heavy atom. The molecular weight excluding hydrogens is 430 g/mol. The molecule has 0 radical (unpaired) electrons. The van der Waals surface area contributed by atoms with E-state index in [4.69, 9.17) is 4.74 Å². The summed E-state index contributed by atoms with van der Waals surface area (Å²) < 4.78 is 84.0. The van der Waals surface area contributed by atoms with Crippen LogP contribution in [-0.4, -0.2) is 28.8 Å². The summed E-state index contributed by atoms with van der Waals surface area (Å²) in [5, 5.41) is 3.69. The van der Waals surface area contributed by atoms with E-state index in [1.807, 2.05) is 0 Å². The van der Waals surface area contributed by atoms with Gasteiger partial charge in [-0.3, -0.25) is 0 Å². The largest absolute Gasteiger partial charge is 0.497 e. The third kappa shape index (κ3) is 5.10. The predicted octanol–water partition coefficient (Wildman–Crippen LogP) is 6.53. The van der Waals surface area contributed by atoms with Gasteiger partial charge in [0.25, 0.3) is 0 Å². The highest BCUT2D eigenvalue weighted by Gasteiger charge is 2.35. The van der Waals surface area contributed by atoms with Crippen molar-refractivity contribution in [2.24, 2.45) is 0 Å². The van der Waals surface area contributed by atoms with Crippen LogP contribution >= 0.6 is 11.8 Å². The molecule has 3 rings (SSSR count). The molecule has 0 aliphatic heterocycles. The van der Waals surface area contributed by atoms with E-state index in [1.165, 1.54) is 19.2 Å². The lowest BCUT2D eigenvalue weighted by molar-refractivity contribution is -0.141. The van der Waals surface area contributed by atoms with E-state index < -0.39 is 23.8 Å². The molecule has 0 saturated carbocycles. The monoisotopic (exact) mass is 446 g/mol. The highest BCUT2D eigenvalue weighted by atomic mass is 32.2. The zero-order valence-corrected chi connectivity index (χ0v) is 16.6. The number of halogens is 6. The Morgan fingerprint density at radius 2 is 1.73 bits per heavy atom. The summed E-state index contributed by atoms with van der Waals surface area (Å²) in [4.78, 5) is 0.330. The number of ether oxygens (including phenoxy) is 1. The summed E-state index contributed by atoms with van der Waals surface area (Å²) >= 11 is 0.586. The summed E-state index contributed by atoms with van der Waals surface area (Å²) in [6.45, 7) is 1.64. The fourth-order valence-electron chi connectivity index (χ4n) is 2.74. The van der Waals surface area contributed by atoms with Crippen LogP contribution in [0, 0.1) is 6.92 Å². The van der Waals surface area contributed by atoms with Gasteiger partial charge in [0.2, 0.25) is 0 Å². The van der Waals surface area contributed by atoms with Gasteiger partial charge >= 0.3 is 12.4 Å². The summed E-state index contributed by atoms with van der Waals surface area (Å²) in [6, 6.07) is 11.8. The Kier molecular flexibility index (Phi) is 6.07. The summed E-state index contributed by atoms with van der Waals surface area (Å²) in [7, 11) is 1.42. The smallest absolute Gasteiger partial charge is 0.435 e. The van der Waals surface area contributed by atoms with E-state index in [0.29, 0.717) is 39.2 Å². The standard InChI is InChI=1S/C20H16F6N2OS/c1-12-6-7-13(8-17(12)30-11-19(21,22)23)16-10-18(20(24,25)26)27-28(16)14-4-3-5-15(9-14)29-2/h3-10H,11H2,1-2H3. The zero-order chi connectivity index (χ0) is 22.1. The molecule has 1 aromatic heterocycles. The second-order valence-electron chi connectivity index (χ2n) is 6.41. The lowest BCUT2D eigenvalue weighted by Crippen LogP contribution is -2.10. The minimum Gasteiger partial charge on any atom is -0.497 e. The lowest BCUT2D eigenvalue weighted by atomic mass is 10.1. The van der Waals surface area contributed by atoms with E-state index in [9.17, 15) is 26.3 Å². The molecule has 0 aliphatic carbocycles. The minimum atomic E-state index is -4.68. The molecule has 30 heavy (non-hydrogen) atoms. The van der Waals surface area contributed by atoms with Crippen LogP contribution in [0.4, 0.5) is 26.3 Å². The molecule has 10 heteroatoms. The molecule has 0 aliphatic rings. The second-order valence-corrected chi connectivity index (χ2v) is 7.43. The van der Waals surface area contributed by atoms with Crippen LogP contribution in [-0.2, 0) is 6.18 Å². The average molecular weight is 446 g/mol. The molecule has 0 spiro atoms. The number of rotatable bonds is 5. The van der Waals surface area contributed by atoms with Crippen LogP contribution in [0.2, 0.25) is 0 Å². The van der Waals surface area contributed by atoms with Crippen molar-refractivity contribution in [2.45, 2.75) is 24.2 Å². The van der Waals surface area contributed by atoms with Gasteiger partial charge in [-0.25, -0.2) is 4.68 Å². The Balaban J connectivity index is 2.12. The molecular formula is C20H16F6N2OS. The molecule has 0 N–H and O–H groups in total. The van der Waals surface area contributed by atoms with E-state index in [-0.39, 0.29) is 5.69 Å². The van der Waals surface area contributed by atoms with Crippen molar-refractivity contribution < 1.29 is 31.1 Å². The van der Waals surface area contributed by atoms with Gasteiger partial charge in [0.15, 0.2) is 5.69 Å². The van der Waals surface area contributed by atoms with Crippen molar-refractivity contribution in [1.82, 2.24) is 9.78 Å². The van der Waals surface area contributed by atoms with Gasteiger partial charge in [0.1, 0.15) is 5.75 Å². The van der Waals surface area contributed by atoms with Crippen LogP contribution in [0.3, 0.4) is 0 Å². The number of aryl methyl sites for hydroxylation is 1. The van der Waals surface area contributed by atoms with Gasteiger partial charge in [-0.1, -0.05) is 18.2 Å². The summed E-state index contributed by atoms with van der Waals surface area (Å²) in [5.41, 5.74) is 0.229. The van der Waals surface area contributed by atoms with Gasteiger partial charge < -0.3 is 4.74 Å². The molecule has 2 aromatic carbocycles. The number of methoxy groups -OCH3 is 1. The molecule has 0 saturated heterocycles. The van der Waals surface area contributed by atoms with Gasteiger partial charge in [0, 0.05) is 16.5 Å². The summed E-state index contributed by atoms with van der Waals surface area (Å²) in [6.07, 6.45) is -9.05. The Labute approximate surface area is 172 Å². The average Bonchev–Trinajstić information content (AvgIpc) is 3.12. The minimum absolute atomic E-state index is 0.101. The molecule has 0 bridgehead atoms. The van der Waals surface area contributed by atoms with Gasteiger partial charge in [-0.15, -0.1) is 11.8 Å². The quantitative estimate of drug-likeness (QED) is 0.329. The van der Waals surface area contributed by atoms with E-state index in [0.717, 1.165) is 10.7 Å². The Hall–Kier alpha value is -2.62. The molecule has 0 atom stereocenters. The second kappa shape index (κ2) is 8.25. The van der Waals surface area contributed by atoms with Crippen molar-refractivity contribution in [3.05, 3.63) is 59.8 Å². The summed E-state index contributed by atoms with van der Waals surface area (Å²) in [5.74, 6) is -0.673. The molecule has 0 amide bonds.